The largest absolute Gasteiger partial charge is 0.550 e. The second kappa shape index (κ2) is 14.2. The summed E-state index contributed by atoms with van der Waals surface area (Å²) in [5, 5.41) is 10.6. The van der Waals surface area contributed by atoms with E-state index >= 15 is 0 Å². The van der Waals surface area contributed by atoms with Gasteiger partial charge in [-0.2, -0.15) is 0 Å². The molecule has 2 aromatic carbocycles. The quantitative estimate of drug-likeness (QED) is 0.396. The smallest absolute Gasteiger partial charge is 0.306 e. The predicted molar refractivity (Wildman–Crippen MR) is 122 cm³/mol. The van der Waals surface area contributed by atoms with Gasteiger partial charge in [-0.25, -0.2) is 0 Å². The molecule has 0 amide bonds. The van der Waals surface area contributed by atoms with E-state index in [4.69, 9.17) is 9.47 Å². The Hall–Kier alpha value is -2.86. The van der Waals surface area contributed by atoms with Gasteiger partial charge < -0.3 is 24.3 Å². The molecule has 0 aliphatic heterocycles. The molecule has 0 N–H and O–H groups in total. The molecular formula is C26H34NO5-. The molecule has 6 nitrogen and oxygen atoms in total. The van der Waals surface area contributed by atoms with Crippen molar-refractivity contribution >= 4 is 11.9 Å². The van der Waals surface area contributed by atoms with Gasteiger partial charge in [-0.1, -0.05) is 62.4 Å². The van der Waals surface area contributed by atoms with E-state index in [-0.39, 0.29) is 25.9 Å². The lowest BCUT2D eigenvalue weighted by molar-refractivity contribution is -0.305. The van der Waals surface area contributed by atoms with Gasteiger partial charge in [0.25, 0.3) is 0 Å². The molecule has 0 bridgehead atoms. The van der Waals surface area contributed by atoms with Crippen LogP contribution < -0.4 is 9.84 Å². The summed E-state index contributed by atoms with van der Waals surface area (Å²) in [5.41, 5.74) is 2.38. The van der Waals surface area contributed by atoms with Crippen molar-refractivity contribution in [1.29, 1.82) is 0 Å². The fourth-order valence-corrected chi connectivity index (χ4v) is 3.47. The van der Waals surface area contributed by atoms with Gasteiger partial charge in [0, 0.05) is 18.9 Å². The highest BCUT2D eigenvalue weighted by molar-refractivity contribution is 5.71. The van der Waals surface area contributed by atoms with Crippen LogP contribution in [0.25, 0.3) is 0 Å². The molecule has 0 spiro atoms. The van der Waals surface area contributed by atoms with E-state index in [0.29, 0.717) is 6.54 Å². The van der Waals surface area contributed by atoms with Crippen molar-refractivity contribution in [2.45, 2.75) is 52.1 Å². The Balaban J connectivity index is 1.98. The van der Waals surface area contributed by atoms with Crippen LogP contribution >= 0.6 is 0 Å². The van der Waals surface area contributed by atoms with Crippen molar-refractivity contribution in [3.05, 3.63) is 65.7 Å². The van der Waals surface area contributed by atoms with Gasteiger partial charge in [0.15, 0.2) is 0 Å². The minimum atomic E-state index is -1.16. The zero-order valence-corrected chi connectivity index (χ0v) is 19.1. The van der Waals surface area contributed by atoms with Crippen molar-refractivity contribution in [2.24, 2.45) is 0 Å². The van der Waals surface area contributed by atoms with Crippen molar-refractivity contribution in [3.8, 4) is 5.75 Å². The average molecular weight is 441 g/mol. The maximum atomic E-state index is 12.2. The number of ether oxygens (including phenoxy) is 2. The zero-order chi connectivity index (χ0) is 23.2. The highest BCUT2D eigenvalue weighted by atomic mass is 16.6. The van der Waals surface area contributed by atoms with Crippen LogP contribution in [-0.4, -0.2) is 49.2 Å². The third-order valence-electron chi connectivity index (χ3n) is 5.34. The summed E-state index contributed by atoms with van der Waals surface area (Å²) in [5.74, 6) is -0.779. The second-order valence-corrected chi connectivity index (χ2v) is 7.73. The van der Waals surface area contributed by atoms with Crippen LogP contribution in [0.4, 0.5) is 0 Å². The van der Waals surface area contributed by atoms with Gasteiger partial charge in [-0.15, -0.1) is 0 Å². The fraction of sp³-hybridized carbons (Fsp3) is 0.462. The van der Waals surface area contributed by atoms with E-state index in [1.54, 1.807) is 0 Å². The van der Waals surface area contributed by atoms with Crippen LogP contribution in [0.1, 0.15) is 44.2 Å². The zero-order valence-electron chi connectivity index (χ0n) is 19.1. The summed E-state index contributed by atoms with van der Waals surface area (Å²) in [6, 6.07) is 18.3. The van der Waals surface area contributed by atoms with Crippen LogP contribution in [0, 0.1) is 0 Å². The SMILES string of the molecule is CCN(CC)CC(COc1ccccc1CCc1ccccc1)OC(=O)CCCC(=O)[O-]. The number of aliphatic carboxylic acids is 1. The van der Waals surface area contributed by atoms with Crippen LogP contribution in [-0.2, 0) is 27.2 Å². The number of carboxylic acid groups (broad SMARTS) is 1. The monoisotopic (exact) mass is 440 g/mol. The van der Waals surface area contributed by atoms with Crippen molar-refractivity contribution < 1.29 is 24.2 Å². The van der Waals surface area contributed by atoms with Crippen LogP contribution in [0.5, 0.6) is 5.75 Å². The average Bonchev–Trinajstić information content (AvgIpc) is 2.80. The van der Waals surface area contributed by atoms with Gasteiger partial charge >= 0.3 is 5.97 Å². The molecule has 174 valence electrons. The Kier molecular flexibility index (Phi) is 11.3. The Morgan fingerprint density at radius 3 is 2.31 bits per heavy atom. The summed E-state index contributed by atoms with van der Waals surface area (Å²) < 4.78 is 11.8. The lowest BCUT2D eigenvalue weighted by Crippen LogP contribution is -2.38. The highest BCUT2D eigenvalue weighted by Gasteiger charge is 2.19. The van der Waals surface area contributed by atoms with Gasteiger partial charge in [0.2, 0.25) is 0 Å². The van der Waals surface area contributed by atoms with E-state index < -0.39 is 18.0 Å². The summed E-state index contributed by atoms with van der Waals surface area (Å²) in [4.78, 5) is 25.0. The first-order valence-electron chi connectivity index (χ1n) is 11.4. The Labute approximate surface area is 191 Å². The number of carbonyl (C=O) groups excluding carboxylic acids is 2. The van der Waals surface area contributed by atoms with Crippen molar-refractivity contribution in [1.82, 2.24) is 4.90 Å². The predicted octanol–water partition coefficient (Wildman–Crippen LogP) is 3.02. The number of hydrogen-bond donors (Lipinski definition) is 0. The number of likely N-dealkylation sites (N-methyl/N-ethyl adjacent to an activating group) is 1. The number of carbonyl (C=O) groups is 2. The number of hydrogen-bond acceptors (Lipinski definition) is 6. The number of aryl methyl sites for hydroxylation is 2. The third-order valence-corrected chi connectivity index (χ3v) is 5.34. The van der Waals surface area contributed by atoms with Crippen LogP contribution in [0.2, 0.25) is 0 Å². The molecular weight excluding hydrogens is 406 g/mol. The number of esters is 1. The van der Waals surface area contributed by atoms with Gasteiger partial charge in [0.1, 0.15) is 18.5 Å². The van der Waals surface area contributed by atoms with Gasteiger partial charge in [0.05, 0.1) is 0 Å². The van der Waals surface area contributed by atoms with E-state index in [2.05, 4.69) is 36.9 Å². The molecule has 0 heterocycles. The number of nitrogens with zero attached hydrogens (tertiary/aromatic N) is 1. The molecule has 6 heteroatoms. The molecule has 0 saturated heterocycles. The molecule has 2 rings (SSSR count). The van der Waals surface area contributed by atoms with E-state index in [1.165, 1.54) is 5.56 Å². The molecule has 2 aromatic rings. The molecule has 32 heavy (non-hydrogen) atoms. The third kappa shape index (κ3) is 9.52. The normalized spacial score (nSPS) is 11.8. The van der Waals surface area contributed by atoms with Gasteiger partial charge in [-0.05, 0) is 56.0 Å². The van der Waals surface area contributed by atoms with E-state index in [9.17, 15) is 14.7 Å². The van der Waals surface area contributed by atoms with Crippen molar-refractivity contribution in [2.75, 3.05) is 26.2 Å². The number of benzene rings is 2. The number of para-hydroxylation sites is 1. The second-order valence-electron chi connectivity index (χ2n) is 7.73. The minimum Gasteiger partial charge on any atom is -0.550 e. The summed E-state index contributed by atoms with van der Waals surface area (Å²) >= 11 is 0. The van der Waals surface area contributed by atoms with E-state index in [0.717, 1.165) is 37.2 Å². The highest BCUT2D eigenvalue weighted by Crippen LogP contribution is 2.21. The first-order chi connectivity index (χ1) is 15.5. The lowest BCUT2D eigenvalue weighted by atomic mass is 10.0. The van der Waals surface area contributed by atoms with Gasteiger partial charge in [-0.3, -0.25) is 4.79 Å². The van der Waals surface area contributed by atoms with Crippen LogP contribution in [0.3, 0.4) is 0 Å². The standard InChI is InChI=1S/C26H35NO5/c1-3-27(4-2)19-23(32-26(30)16-10-15-25(28)29)20-31-24-14-9-8-13-22(24)18-17-21-11-6-5-7-12-21/h5-9,11-14,23H,3-4,10,15-20H2,1-2H3,(H,28,29)/p-1. The summed E-state index contributed by atoms with van der Waals surface area (Å²) in [6.07, 6.45) is 1.44. The molecule has 0 fully saturated rings. The maximum Gasteiger partial charge on any atom is 0.306 e. The Bertz CT molecular complexity index is 820. The first kappa shape index (κ1) is 25.4. The summed E-state index contributed by atoms with van der Waals surface area (Å²) in [7, 11) is 0. The van der Waals surface area contributed by atoms with Crippen LogP contribution in [0.15, 0.2) is 54.6 Å². The molecule has 0 aromatic heterocycles. The number of rotatable bonds is 15. The Morgan fingerprint density at radius 2 is 1.62 bits per heavy atom. The Morgan fingerprint density at radius 1 is 0.938 bits per heavy atom. The fourth-order valence-electron chi connectivity index (χ4n) is 3.47. The molecule has 1 atom stereocenters. The molecule has 0 radical (unpaired) electrons. The topological polar surface area (TPSA) is 78.9 Å². The minimum absolute atomic E-state index is 0.0520. The lowest BCUT2D eigenvalue weighted by Gasteiger charge is -2.26. The van der Waals surface area contributed by atoms with Crippen molar-refractivity contribution in [3.63, 3.8) is 0 Å². The molecule has 1 unspecified atom stereocenters. The molecule has 0 aliphatic rings. The first-order valence-corrected chi connectivity index (χ1v) is 11.4. The maximum absolute atomic E-state index is 12.2. The molecule has 0 aliphatic carbocycles. The number of carboxylic acids is 1. The van der Waals surface area contributed by atoms with E-state index in [1.807, 2.05) is 36.4 Å². The summed E-state index contributed by atoms with van der Waals surface area (Å²) in [6.45, 7) is 6.59. The molecule has 0 saturated carbocycles.